The van der Waals surface area contributed by atoms with E-state index in [1.54, 1.807) is 18.2 Å². The number of hydrogen-bond acceptors (Lipinski definition) is 6. The van der Waals surface area contributed by atoms with Crippen LogP contribution >= 0.6 is 27.7 Å². The Hall–Kier alpha value is -2.78. The fourth-order valence-electron chi connectivity index (χ4n) is 2.84. The first-order valence-corrected chi connectivity index (χ1v) is 10.5. The zero-order chi connectivity index (χ0) is 22.0. The lowest BCUT2D eigenvalue weighted by Crippen LogP contribution is -2.36. The second-order valence-corrected chi connectivity index (χ2v) is 8.46. The van der Waals surface area contributed by atoms with Crippen molar-refractivity contribution in [1.29, 1.82) is 0 Å². The highest BCUT2D eigenvalue weighted by atomic mass is 79.9. The van der Waals surface area contributed by atoms with Crippen LogP contribution in [0.1, 0.15) is 16.7 Å². The number of hydrogen-bond donors (Lipinski definition) is 2. The van der Waals surface area contributed by atoms with E-state index in [4.69, 9.17) is 4.74 Å². The standard InChI is InChI=1S/C21H19BrN2O5S/c1-11-5-4-6-15(12(11)2)23-18(25)10-24-20(27)17(30-21(24)28)9-13-7-14(22)19(26)16(8-13)29-3/h4-9,26H,10H2,1-3H3,(H,23,25)/b17-9+. The van der Waals surface area contributed by atoms with E-state index in [2.05, 4.69) is 21.2 Å². The van der Waals surface area contributed by atoms with Gasteiger partial charge in [-0.15, -0.1) is 0 Å². The third kappa shape index (κ3) is 4.52. The molecule has 1 aliphatic heterocycles. The number of phenolic OH excluding ortho intramolecular Hbond substituents is 1. The van der Waals surface area contributed by atoms with Gasteiger partial charge in [0.1, 0.15) is 6.54 Å². The topological polar surface area (TPSA) is 95.9 Å². The molecule has 0 spiro atoms. The number of imide groups is 1. The minimum Gasteiger partial charge on any atom is -0.503 e. The molecule has 0 radical (unpaired) electrons. The predicted octanol–water partition coefficient (Wildman–Crippen LogP) is 4.46. The Labute approximate surface area is 186 Å². The molecule has 9 heteroatoms. The molecule has 3 rings (SSSR count). The number of thioether (sulfide) groups is 1. The van der Waals surface area contributed by atoms with Crippen molar-refractivity contribution >= 4 is 56.5 Å². The summed E-state index contributed by atoms with van der Waals surface area (Å²) in [6.07, 6.45) is 1.51. The number of phenols is 1. The molecule has 30 heavy (non-hydrogen) atoms. The first-order chi connectivity index (χ1) is 14.2. The Balaban J connectivity index is 1.76. The average molecular weight is 491 g/mol. The van der Waals surface area contributed by atoms with Gasteiger partial charge in [0.05, 0.1) is 16.5 Å². The van der Waals surface area contributed by atoms with Crippen LogP contribution in [0.3, 0.4) is 0 Å². The normalized spacial score (nSPS) is 15.1. The highest BCUT2D eigenvalue weighted by molar-refractivity contribution is 9.10. The minimum atomic E-state index is -0.552. The number of aryl methyl sites for hydroxylation is 1. The Morgan fingerprint density at radius 3 is 2.73 bits per heavy atom. The fraction of sp³-hybridized carbons (Fsp3) is 0.190. The van der Waals surface area contributed by atoms with Crippen molar-refractivity contribution in [3.63, 3.8) is 0 Å². The second-order valence-electron chi connectivity index (χ2n) is 6.62. The van der Waals surface area contributed by atoms with Gasteiger partial charge < -0.3 is 15.2 Å². The number of halogens is 1. The van der Waals surface area contributed by atoms with Crippen molar-refractivity contribution in [3.05, 3.63) is 56.4 Å². The zero-order valence-corrected chi connectivity index (χ0v) is 18.9. The molecule has 7 nitrogen and oxygen atoms in total. The molecule has 1 aliphatic rings. The third-order valence-corrected chi connectivity index (χ3v) is 6.13. The molecule has 0 bridgehead atoms. The summed E-state index contributed by atoms with van der Waals surface area (Å²) < 4.78 is 5.49. The van der Waals surface area contributed by atoms with Crippen LogP contribution in [0.2, 0.25) is 0 Å². The number of ether oxygens (including phenoxy) is 1. The second kappa shape index (κ2) is 8.93. The Bertz CT molecular complexity index is 1080. The number of rotatable bonds is 5. The number of nitrogens with one attached hydrogen (secondary N) is 1. The molecule has 1 saturated heterocycles. The summed E-state index contributed by atoms with van der Waals surface area (Å²) >= 11 is 3.97. The third-order valence-electron chi connectivity index (χ3n) is 4.62. The Kier molecular flexibility index (Phi) is 6.52. The van der Waals surface area contributed by atoms with Crippen LogP contribution in [0.25, 0.3) is 6.08 Å². The number of carbonyl (C=O) groups is 3. The van der Waals surface area contributed by atoms with Gasteiger partial charge in [-0.1, -0.05) is 12.1 Å². The van der Waals surface area contributed by atoms with Gasteiger partial charge in [0.25, 0.3) is 11.1 Å². The monoisotopic (exact) mass is 490 g/mol. The molecule has 156 valence electrons. The van der Waals surface area contributed by atoms with E-state index in [1.807, 2.05) is 26.0 Å². The molecule has 0 aromatic heterocycles. The van der Waals surface area contributed by atoms with Crippen LogP contribution < -0.4 is 10.1 Å². The summed E-state index contributed by atoms with van der Waals surface area (Å²) in [4.78, 5) is 38.5. The van der Waals surface area contributed by atoms with E-state index in [0.717, 1.165) is 27.8 Å². The summed E-state index contributed by atoms with van der Waals surface area (Å²) in [5.74, 6) is -0.848. The van der Waals surface area contributed by atoms with Gasteiger partial charge in [-0.25, -0.2) is 0 Å². The van der Waals surface area contributed by atoms with E-state index in [0.29, 0.717) is 15.7 Å². The van der Waals surface area contributed by atoms with Crippen molar-refractivity contribution < 1.29 is 24.2 Å². The summed E-state index contributed by atoms with van der Waals surface area (Å²) in [5.41, 5.74) is 3.15. The van der Waals surface area contributed by atoms with Gasteiger partial charge in [-0.2, -0.15) is 0 Å². The highest BCUT2D eigenvalue weighted by Crippen LogP contribution is 2.38. The average Bonchev–Trinajstić information content (AvgIpc) is 2.95. The van der Waals surface area contributed by atoms with Gasteiger partial charge in [0.15, 0.2) is 11.5 Å². The first kappa shape index (κ1) is 21.9. The van der Waals surface area contributed by atoms with Crippen molar-refractivity contribution in [2.45, 2.75) is 13.8 Å². The van der Waals surface area contributed by atoms with E-state index in [-0.39, 0.29) is 22.9 Å². The van der Waals surface area contributed by atoms with Crippen molar-refractivity contribution in [1.82, 2.24) is 4.90 Å². The Morgan fingerprint density at radius 1 is 1.30 bits per heavy atom. The maximum atomic E-state index is 12.7. The number of methoxy groups -OCH3 is 1. The van der Waals surface area contributed by atoms with Gasteiger partial charge in [0.2, 0.25) is 5.91 Å². The van der Waals surface area contributed by atoms with E-state index >= 15 is 0 Å². The summed E-state index contributed by atoms with van der Waals surface area (Å²) in [7, 11) is 1.41. The predicted molar refractivity (Wildman–Crippen MR) is 120 cm³/mol. The van der Waals surface area contributed by atoms with Crippen LogP contribution in [-0.2, 0) is 9.59 Å². The molecule has 0 unspecified atom stereocenters. The number of benzene rings is 2. The molecular weight excluding hydrogens is 472 g/mol. The number of carbonyl (C=O) groups excluding carboxylic acids is 3. The Morgan fingerprint density at radius 2 is 2.03 bits per heavy atom. The lowest BCUT2D eigenvalue weighted by Gasteiger charge is -2.14. The van der Waals surface area contributed by atoms with Crippen LogP contribution in [-0.4, -0.2) is 40.7 Å². The van der Waals surface area contributed by atoms with Crippen LogP contribution in [0.5, 0.6) is 11.5 Å². The summed E-state index contributed by atoms with van der Waals surface area (Å²) in [6, 6.07) is 8.66. The lowest BCUT2D eigenvalue weighted by atomic mass is 10.1. The van der Waals surface area contributed by atoms with Gasteiger partial charge in [-0.05, 0) is 82.5 Å². The lowest BCUT2D eigenvalue weighted by molar-refractivity contribution is -0.127. The zero-order valence-electron chi connectivity index (χ0n) is 16.5. The molecule has 0 atom stereocenters. The number of nitrogens with zero attached hydrogens (tertiary/aromatic N) is 1. The number of aromatic hydroxyl groups is 1. The number of anilines is 1. The molecule has 2 N–H and O–H groups in total. The van der Waals surface area contributed by atoms with Crippen LogP contribution in [0, 0.1) is 13.8 Å². The molecule has 3 amide bonds. The maximum absolute atomic E-state index is 12.7. The minimum absolute atomic E-state index is 0.0640. The summed E-state index contributed by atoms with van der Waals surface area (Å²) in [5, 5.41) is 12.1. The van der Waals surface area contributed by atoms with Gasteiger partial charge in [-0.3, -0.25) is 19.3 Å². The molecule has 1 heterocycles. The quantitative estimate of drug-likeness (QED) is 0.600. The number of amides is 3. The van der Waals surface area contributed by atoms with E-state index in [1.165, 1.54) is 13.2 Å². The van der Waals surface area contributed by atoms with E-state index < -0.39 is 17.1 Å². The van der Waals surface area contributed by atoms with Crippen LogP contribution in [0.4, 0.5) is 10.5 Å². The molecular formula is C21H19BrN2O5S. The summed E-state index contributed by atoms with van der Waals surface area (Å²) in [6.45, 7) is 3.44. The largest absolute Gasteiger partial charge is 0.503 e. The molecule has 2 aromatic rings. The fourth-order valence-corrected chi connectivity index (χ4v) is 4.14. The highest BCUT2D eigenvalue weighted by Gasteiger charge is 2.36. The van der Waals surface area contributed by atoms with Crippen molar-refractivity contribution in [2.75, 3.05) is 19.0 Å². The maximum Gasteiger partial charge on any atom is 0.294 e. The van der Waals surface area contributed by atoms with Crippen molar-refractivity contribution in [2.24, 2.45) is 0 Å². The molecule has 0 saturated carbocycles. The molecule has 1 fully saturated rings. The first-order valence-electron chi connectivity index (χ1n) is 8.89. The van der Waals surface area contributed by atoms with Crippen molar-refractivity contribution in [3.8, 4) is 11.5 Å². The van der Waals surface area contributed by atoms with Gasteiger partial charge >= 0.3 is 0 Å². The SMILES string of the molecule is COc1cc(/C=C2/SC(=O)N(CC(=O)Nc3cccc(C)c3C)C2=O)cc(Br)c1O. The van der Waals surface area contributed by atoms with E-state index in [9.17, 15) is 19.5 Å². The molecule has 0 aliphatic carbocycles. The van der Waals surface area contributed by atoms with Crippen LogP contribution in [0.15, 0.2) is 39.7 Å². The molecule has 2 aromatic carbocycles. The smallest absolute Gasteiger partial charge is 0.294 e. The van der Waals surface area contributed by atoms with Gasteiger partial charge in [0, 0.05) is 5.69 Å².